The number of morpholine rings is 2. The van der Waals surface area contributed by atoms with Gasteiger partial charge in [-0.1, -0.05) is 6.92 Å². The van der Waals surface area contributed by atoms with Crippen LogP contribution in [0, 0.1) is 0 Å². The lowest BCUT2D eigenvalue weighted by molar-refractivity contribution is -0.222. The summed E-state index contributed by atoms with van der Waals surface area (Å²) in [7, 11) is 0. The lowest BCUT2D eigenvalue weighted by Crippen LogP contribution is -2.68. The lowest BCUT2D eigenvalue weighted by atomic mass is 9.84. The number of fused-ring (bicyclic) bond motifs is 2. The first-order valence-electron chi connectivity index (χ1n) is 9.13. The smallest absolute Gasteiger partial charge is 0.255 e. The monoisotopic (exact) mass is 338 g/mol. The largest absolute Gasteiger partial charge is 0.383 e. The topological polar surface area (TPSA) is 79.3 Å². The van der Waals surface area contributed by atoms with Gasteiger partial charge in [0.05, 0.1) is 25.3 Å². The molecule has 0 saturated carbocycles. The molecule has 1 N–H and O–H groups in total. The minimum absolute atomic E-state index is 0.112. The number of ether oxygens (including phenoxy) is 2. The van der Waals surface area contributed by atoms with Gasteiger partial charge in [-0.3, -0.25) is 9.59 Å². The van der Waals surface area contributed by atoms with Crippen molar-refractivity contribution in [1.82, 2.24) is 9.80 Å². The molecular formula is C17H26N2O5. The van der Waals surface area contributed by atoms with Crippen LogP contribution in [0.5, 0.6) is 0 Å². The van der Waals surface area contributed by atoms with E-state index in [0.29, 0.717) is 26.3 Å². The molecule has 0 aromatic rings. The summed E-state index contributed by atoms with van der Waals surface area (Å²) < 4.78 is 11.6. The Bertz CT molecular complexity index is 497. The van der Waals surface area contributed by atoms with Crippen LogP contribution >= 0.6 is 0 Å². The Labute approximate surface area is 141 Å². The molecule has 0 spiro atoms. The minimum Gasteiger partial charge on any atom is -0.383 e. The first kappa shape index (κ1) is 16.3. The van der Waals surface area contributed by atoms with Crippen LogP contribution in [-0.2, 0) is 19.1 Å². The van der Waals surface area contributed by atoms with Crippen molar-refractivity contribution in [2.45, 2.75) is 68.9 Å². The molecule has 7 heteroatoms. The number of rotatable bonds is 3. The summed E-state index contributed by atoms with van der Waals surface area (Å²) in [4.78, 5) is 29.3. The number of hydrogen-bond acceptors (Lipinski definition) is 5. The maximum absolute atomic E-state index is 12.9. The number of carbonyl (C=O) groups is 2. The van der Waals surface area contributed by atoms with Gasteiger partial charge in [-0.05, 0) is 32.1 Å². The Morgan fingerprint density at radius 3 is 1.88 bits per heavy atom. The van der Waals surface area contributed by atoms with Gasteiger partial charge in [0.15, 0.2) is 12.2 Å². The van der Waals surface area contributed by atoms with E-state index in [-0.39, 0.29) is 30.3 Å². The quantitative estimate of drug-likeness (QED) is 0.778. The number of hydrogen-bond donors (Lipinski definition) is 1. The highest BCUT2D eigenvalue weighted by Crippen LogP contribution is 2.36. The summed E-state index contributed by atoms with van der Waals surface area (Å²) in [6, 6.07) is 0.224. The SMILES string of the molecule is CCC(O)(C1OCC2CCCN2C1=O)C1OCC2CCCN2C1=O. The second kappa shape index (κ2) is 5.97. The fourth-order valence-corrected chi connectivity index (χ4v) is 4.68. The third-order valence-corrected chi connectivity index (χ3v) is 6.15. The zero-order valence-corrected chi connectivity index (χ0v) is 14.1. The van der Waals surface area contributed by atoms with Gasteiger partial charge in [0.25, 0.3) is 11.8 Å². The van der Waals surface area contributed by atoms with Crippen molar-refractivity contribution in [1.29, 1.82) is 0 Å². The summed E-state index contributed by atoms with van der Waals surface area (Å²) in [5.41, 5.74) is -1.62. The fraction of sp³-hybridized carbons (Fsp3) is 0.882. The first-order valence-corrected chi connectivity index (χ1v) is 9.13. The number of amides is 2. The van der Waals surface area contributed by atoms with Gasteiger partial charge in [0, 0.05) is 13.1 Å². The first-order chi connectivity index (χ1) is 11.6. The number of carbonyl (C=O) groups excluding carboxylic acids is 2. The molecular weight excluding hydrogens is 312 g/mol. The van der Waals surface area contributed by atoms with Crippen LogP contribution in [0.2, 0.25) is 0 Å². The minimum atomic E-state index is -1.62. The average molecular weight is 338 g/mol. The van der Waals surface area contributed by atoms with Gasteiger partial charge in [-0.2, -0.15) is 0 Å². The van der Waals surface area contributed by atoms with Gasteiger partial charge >= 0.3 is 0 Å². The van der Waals surface area contributed by atoms with Crippen LogP contribution in [0.25, 0.3) is 0 Å². The van der Waals surface area contributed by atoms with Crippen LogP contribution < -0.4 is 0 Å². The fourth-order valence-electron chi connectivity index (χ4n) is 4.68. The Kier molecular flexibility index (Phi) is 4.05. The van der Waals surface area contributed by atoms with Crippen molar-refractivity contribution in [3.8, 4) is 0 Å². The van der Waals surface area contributed by atoms with E-state index in [0.717, 1.165) is 25.7 Å². The Balaban J connectivity index is 1.59. The molecule has 4 rings (SSSR count). The molecule has 0 aliphatic carbocycles. The van der Waals surface area contributed by atoms with Crippen LogP contribution in [0.1, 0.15) is 39.0 Å². The summed E-state index contributed by atoms with van der Waals surface area (Å²) in [6.45, 7) is 4.03. The zero-order chi connectivity index (χ0) is 16.9. The highest BCUT2D eigenvalue weighted by molar-refractivity contribution is 5.88. The number of aliphatic hydroxyl groups is 1. The van der Waals surface area contributed by atoms with Gasteiger partial charge in [0.1, 0.15) is 5.60 Å². The maximum atomic E-state index is 12.9. The number of nitrogens with zero attached hydrogens (tertiary/aromatic N) is 2. The molecule has 0 aromatic carbocycles. The summed E-state index contributed by atoms with van der Waals surface area (Å²) >= 11 is 0. The van der Waals surface area contributed by atoms with E-state index >= 15 is 0 Å². The van der Waals surface area contributed by atoms with E-state index in [1.807, 2.05) is 0 Å². The van der Waals surface area contributed by atoms with Crippen LogP contribution in [0.15, 0.2) is 0 Å². The van der Waals surface area contributed by atoms with Crippen LogP contribution in [0.4, 0.5) is 0 Å². The Morgan fingerprint density at radius 2 is 1.46 bits per heavy atom. The molecule has 4 fully saturated rings. The van der Waals surface area contributed by atoms with Crippen LogP contribution in [-0.4, -0.2) is 82.9 Å². The van der Waals surface area contributed by atoms with Crippen molar-refractivity contribution < 1.29 is 24.2 Å². The Hall–Kier alpha value is -1.18. The standard InChI is InChI=1S/C17H26N2O5/c1-2-17(22,13-15(20)18-7-3-5-11(18)9-23-13)14-16(21)19-8-4-6-12(19)10-24-14/h11-14,22H,2-10H2,1H3. The van der Waals surface area contributed by atoms with Crippen molar-refractivity contribution >= 4 is 11.8 Å². The van der Waals surface area contributed by atoms with E-state index in [9.17, 15) is 14.7 Å². The van der Waals surface area contributed by atoms with Crippen molar-refractivity contribution in [3.05, 3.63) is 0 Å². The molecule has 4 aliphatic rings. The second-order valence-corrected chi connectivity index (χ2v) is 7.43. The molecule has 4 atom stereocenters. The zero-order valence-electron chi connectivity index (χ0n) is 14.1. The van der Waals surface area contributed by atoms with Crippen LogP contribution in [0.3, 0.4) is 0 Å². The molecule has 4 aliphatic heterocycles. The average Bonchev–Trinajstić information content (AvgIpc) is 3.24. The molecule has 4 saturated heterocycles. The van der Waals surface area contributed by atoms with E-state index < -0.39 is 17.8 Å². The van der Waals surface area contributed by atoms with Crippen molar-refractivity contribution in [2.75, 3.05) is 26.3 Å². The predicted octanol–water partition coefficient (Wildman–Crippen LogP) is -0.0929. The van der Waals surface area contributed by atoms with E-state index in [4.69, 9.17) is 9.47 Å². The molecule has 2 amide bonds. The second-order valence-electron chi connectivity index (χ2n) is 7.43. The maximum Gasteiger partial charge on any atom is 0.255 e. The highest BCUT2D eigenvalue weighted by atomic mass is 16.5. The molecule has 0 bridgehead atoms. The third kappa shape index (κ3) is 2.29. The van der Waals surface area contributed by atoms with E-state index in [2.05, 4.69) is 0 Å². The van der Waals surface area contributed by atoms with Gasteiger partial charge in [-0.25, -0.2) is 0 Å². The normalized spacial score (nSPS) is 38.9. The Morgan fingerprint density at radius 1 is 1.00 bits per heavy atom. The summed E-state index contributed by atoms with van der Waals surface area (Å²) in [5.74, 6) is -0.402. The lowest BCUT2D eigenvalue weighted by Gasteiger charge is -2.47. The molecule has 24 heavy (non-hydrogen) atoms. The van der Waals surface area contributed by atoms with Crippen molar-refractivity contribution in [2.24, 2.45) is 0 Å². The van der Waals surface area contributed by atoms with Gasteiger partial charge in [0.2, 0.25) is 0 Å². The summed E-state index contributed by atoms with van der Waals surface area (Å²) in [5, 5.41) is 11.3. The van der Waals surface area contributed by atoms with Gasteiger partial charge in [-0.15, -0.1) is 0 Å². The summed E-state index contributed by atoms with van der Waals surface area (Å²) in [6.07, 6.45) is 2.00. The molecule has 7 nitrogen and oxygen atoms in total. The van der Waals surface area contributed by atoms with Crippen molar-refractivity contribution in [3.63, 3.8) is 0 Å². The highest BCUT2D eigenvalue weighted by Gasteiger charge is 2.57. The molecule has 134 valence electrons. The van der Waals surface area contributed by atoms with Gasteiger partial charge < -0.3 is 24.4 Å². The van der Waals surface area contributed by atoms with E-state index in [1.165, 1.54) is 0 Å². The predicted molar refractivity (Wildman–Crippen MR) is 84.2 cm³/mol. The molecule has 0 aromatic heterocycles. The third-order valence-electron chi connectivity index (χ3n) is 6.15. The molecule has 4 heterocycles. The van der Waals surface area contributed by atoms with E-state index in [1.54, 1.807) is 16.7 Å². The molecule has 0 radical (unpaired) electrons. The molecule has 4 unspecified atom stereocenters.